The minimum Gasteiger partial charge on any atom is -0.323 e. The summed E-state index contributed by atoms with van der Waals surface area (Å²) in [4.78, 5) is 12.3. The van der Waals surface area contributed by atoms with E-state index in [0.29, 0.717) is 21.2 Å². The van der Waals surface area contributed by atoms with Gasteiger partial charge in [0.25, 0.3) is 0 Å². The molecule has 2 N–H and O–H groups in total. The Bertz CT molecular complexity index is 619. The Morgan fingerprint density at radius 2 is 1.26 bits per heavy atom. The smallest absolute Gasteiger partial charge is 0.213 e. The van der Waals surface area contributed by atoms with E-state index in [4.69, 9.17) is 29.0 Å². The van der Waals surface area contributed by atoms with Gasteiger partial charge in [-0.1, -0.05) is 35.3 Å². The lowest BCUT2D eigenvalue weighted by Crippen LogP contribution is -2.17. The number of hydrazone groups is 1. The molecule has 0 spiro atoms. The number of benzene rings is 2. The summed E-state index contributed by atoms with van der Waals surface area (Å²) in [5.74, 6) is 5.06. The van der Waals surface area contributed by atoms with Crippen LogP contribution in [0.1, 0.15) is 15.9 Å². The van der Waals surface area contributed by atoms with Crippen LogP contribution < -0.4 is 5.84 Å². The van der Waals surface area contributed by atoms with Crippen molar-refractivity contribution in [2.24, 2.45) is 10.9 Å². The lowest BCUT2D eigenvalue weighted by Gasteiger charge is -2.05. The molecular formula is C14H10Cl2N2O. The molecule has 19 heavy (non-hydrogen) atoms. The highest BCUT2D eigenvalue weighted by atomic mass is 35.5. The van der Waals surface area contributed by atoms with Crippen LogP contribution in [0.25, 0.3) is 0 Å². The van der Waals surface area contributed by atoms with Gasteiger partial charge in [-0.2, -0.15) is 5.10 Å². The molecule has 0 fully saturated rings. The molecule has 2 rings (SSSR count). The van der Waals surface area contributed by atoms with Crippen molar-refractivity contribution in [3.05, 3.63) is 69.7 Å². The van der Waals surface area contributed by atoms with Gasteiger partial charge in [-0.25, -0.2) is 0 Å². The van der Waals surface area contributed by atoms with Crippen LogP contribution in [0.2, 0.25) is 10.0 Å². The van der Waals surface area contributed by atoms with Gasteiger partial charge in [0, 0.05) is 21.2 Å². The van der Waals surface area contributed by atoms with Crippen LogP contribution in [0.5, 0.6) is 0 Å². The van der Waals surface area contributed by atoms with Gasteiger partial charge in [0.15, 0.2) is 0 Å². The number of halogens is 2. The summed E-state index contributed by atoms with van der Waals surface area (Å²) in [7, 11) is 0. The summed E-state index contributed by atoms with van der Waals surface area (Å²) in [6.07, 6.45) is 0. The molecule has 0 saturated carbocycles. The topological polar surface area (TPSA) is 55.4 Å². The van der Waals surface area contributed by atoms with Crippen LogP contribution in [0.3, 0.4) is 0 Å². The summed E-state index contributed by atoms with van der Waals surface area (Å²) in [5.41, 5.74) is 1.27. The minimum absolute atomic E-state index is 0.180. The molecule has 0 aliphatic heterocycles. The fourth-order valence-corrected chi connectivity index (χ4v) is 1.86. The quantitative estimate of drug-likeness (QED) is 0.407. The van der Waals surface area contributed by atoms with Gasteiger partial charge in [0.1, 0.15) is 5.71 Å². The maximum Gasteiger partial charge on any atom is 0.213 e. The van der Waals surface area contributed by atoms with Crippen molar-refractivity contribution in [3.8, 4) is 0 Å². The van der Waals surface area contributed by atoms with E-state index in [0.717, 1.165) is 0 Å². The van der Waals surface area contributed by atoms with E-state index < -0.39 is 0 Å². The van der Waals surface area contributed by atoms with Crippen LogP contribution in [0.4, 0.5) is 0 Å². The number of carbonyl (C=O) groups is 1. The molecule has 0 aromatic heterocycles. The zero-order chi connectivity index (χ0) is 13.8. The number of Topliss-reactive ketones (excluding diaryl/α,β-unsaturated/α-hetero) is 1. The predicted octanol–water partition coefficient (Wildman–Crippen LogP) is 3.54. The SMILES string of the molecule is N/N=C(\C(=O)c1ccc(Cl)cc1)c1ccc(Cl)cc1. The molecule has 2 aromatic rings. The Hall–Kier alpha value is -1.84. The first-order valence-corrected chi connectivity index (χ1v) is 6.21. The van der Waals surface area contributed by atoms with E-state index in [9.17, 15) is 4.79 Å². The van der Waals surface area contributed by atoms with E-state index in [1.165, 1.54) is 0 Å². The lowest BCUT2D eigenvalue weighted by molar-refractivity contribution is 0.106. The van der Waals surface area contributed by atoms with Gasteiger partial charge in [-0.3, -0.25) is 4.79 Å². The fourth-order valence-electron chi connectivity index (χ4n) is 1.61. The molecule has 0 bridgehead atoms. The highest BCUT2D eigenvalue weighted by molar-refractivity contribution is 6.51. The van der Waals surface area contributed by atoms with Crippen molar-refractivity contribution in [3.63, 3.8) is 0 Å². The highest BCUT2D eigenvalue weighted by Gasteiger charge is 2.16. The Morgan fingerprint density at radius 3 is 1.68 bits per heavy atom. The van der Waals surface area contributed by atoms with Gasteiger partial charge >= 0.3 is 0 Å². The van der Waals surface area contributed by atoms with Gasteiger partial charge in [-0.05, 0) is 36.4 Å². The van der Waals surface area contributed by atoms with Crippen molar-refractivity contribution in [1.29, 1.82) is 0 Å². The first kappa shape index (κ1) is 13.6. The third-order valence-electron chi connectivity index (χ3n) is 2.57. The molecule has 3 nitrogen and oxygen atoms in total. The molecule has 0 unspecified atom stereocenters. The molecule has 0 aliphatic carbocycles. The zero-order valence-electron chi connectivity index (χ0n) is 9.81. The molecular weight excluding hydrogens is 283 g/mol. The number of carbonyl (C=O) groups excluding carboxylic acids is 1. The predicted molar refractivity (Wildman–Crippen MR) is 78.0 cm³/mol. The van der Waals surface area contributed by atoms with E-state index >= 15 is 0 Å². The Labute approximate surface area is 120 Å². The standard InChI is InChI=1S/C14H10Cl2N2O/c15-11-5-1-9(2-6-11)13(18-17)14(19)10-3-7-12(16)8-4-10/h1-8H,17H2/b18-13-. The molecule has 0 radical (unpaired) electrons. The van der Waals surface area contributed by atoms with Crippen molar-refractivity contribution in [1.82, 2.24) is 0 Å². The summed E-state index contributed by atoms with van der Waals surface area (Å²) >= 11 is 11.6. The van der Waals surface area contributed by atoms with E-state index in [1.54, 1.807) is 48.5 Å². The molecule has 2 aromatic carbocycles. The molecule has 0 heterocycles. The summed E-state index contributed by atoms with van der Waals surface area (Å²) in [6.45, 7) is 0. The van der Waals surface area contributed by atoms with E-state index in [1.807, 2.05) is 0 Å². The van der Waals surface area contributed by atoms with Crippen LogP contribution in [-0.2, 0) is 0 Å². The Balaban J connectivity index is 2.35. The Morgan fingerprint density at radius 1 is 0.842 bits per heavy atom. The summed E-state index contributed by atoms with van der Waals surface area (Å²) < 4.78 is 0. The number of hydrogen-bond donors (Lipinski definition) is 1. The maximum absolute atomic E-state index is 12.3. The maximum atomic E-state index is 12.3. The average Bonchev–Trinajstić information content (AvgIpc) is 2.42. The second-order valence-electron chi connectivity index (χ2n) is 3.82. The van der Waals surface area contributed by atoms with Gasteiger partial charge in [0.2, 0.25) is 5.78 Å². The van der Waals surface area contributed by atoms with Crippen LogP contribution in [0, 0.1) is 0 Å². The second-order valence-corrected chi connectivity index (χ2v) is 4.69. The second kappa shape index (κ2) is 5.87. The molecule has 0 atom stereocenters. The average molecular weight is 293 g/mol. The first-order valence-electron chi connectivity index (χ1n) is 5.46. The molecule has 0 amide bonds. The normalized spacial score (nSPS) is 11.4. The third-order valence-corrected chi connectivity index (χ3v) is 3.07. The molecule has 5 heteroatoms. The highest BCUT2D eigenvalue weighted by Crippen LogP contribution is 2.15. The van der Waals surface area contributed by atoms with Gasteiger partial charge in [0.05, 0.1) is 0 Å². The molecule has 0 saturated heterocycles. The van der Waals surface area contributed by atoms with Gasteiger partial charge < -0.3 is 5.84 Å². The number of ketones is 1. The minimum atomic E-state index is -0.263. The molecule has 0 aliphatic rings. The van der Waals surface area contributed by atoms with E-state index in [-0.39, 0.29) is 11.5 Å². The lowest BCUT2D eigenvalue weighted by atomic mass is 10.0. The van der Waals surface area contributed by atoms with Crippen LogP contribution in [-0.4, -0.2) is 11.5 Å². The van der Waals surface area contributed by atoms with Crippen molar-refractivity contribution >= 4 is 34.7 Å². The number of nitrogens with two attached hydrogens (primary N) is 1. The monoisotopic (exact) mass is 292 g/mol. The number of rotatable bonds is 3. The van der Waals surface area contributed by atoms with Crippen molar-refractivity contribution in [2.75, 3.05) is 0 Å². The zero-order valence-corrected chi connectivity index (χ0v) is 11.3. The third kappa shape index (κ3) is 3.13. The summed E-state index contributed by atoms with van der Waals surface area (Å²) in [6, 6.07) is 13.3. The molecule has 96 valence electrons. The first-order chi connectivity index (χ1) is 9.11. The van der Waals surface area contributed by atoms with Crippen LogP contribution in [0.15, 0.2) is 53.6 Å². The van der Waals surface area contributed by atoms with Crippen LogP contribution >= 0.6 is 23.2 Å². The number of nitrogens with zero attached hydrogens (tertiary/aromatic N) is 1. The van der Waals surface area contributed by atoms with E-state index in [2.05, 4.69) is 5.10 Å². The Kier molecular flexibility index (Phi) is 4.20. The number of hydrogen-bond acceptors (Lipinski definition) is 3. The van der Waals surface area contributed by atoms with Crippen molar-refractivity contribution in [2.45, 2.75) is 0 Å². The van der Waals surface area contributed by atoms with Gasteiger partial charge in [-0.15, -0.1) is 0 Å². The fraction of sp³-hybridized carbons (Fsp3) is 0. The van der Waals surface area contributed by atoms with Crippen molar-refractivity contribution < 1.29 is 4.79 Å². The largest absolute Gasteiger partial charge is 0.323 e. The summed E-state index contributed by atoms with van der Waals surface area (Å²) in [5, 5.41) is 4.72.